The molecule has 0 aromatic heterocycles. The third kappa shape index (κ3) is 4.52. The Hall–Kier alpha value is -1.46. The summed E-state index contributed by atoms with van der Waals surface area (Å²) in [6, 6.07) is 4.14. The molecule has 0 aliphatic heterocycles. The normalized spacial score (nSPS) is 12.5. The number of carbonyl (C=O) groups is 1. The minimum atomic E-state index is -5.88. The van der Waals surface area contributed by atoms with E-state index >= 15 is 0 Å². The first-order chi connectivity index (χ1) is 10.7. The summed E-state index contributed by atoms with van der Waals surface area (Å²) >= 11 is 0. The molecule has 0 N–H and O–H groups in total. The van der Waals surface area contributed by atoms with E-state index in [0.29, 0.717) is 30.4 Å². The van der Waals surface area contributed by atoms with Crippen molar-refractivity contribution >= 4 is 5.78 Å². The molecular formula is C17H21F5O. The number of carbonyl (C=O) groups excluding carboxylic acids is 1. The minimum Gasteiger partial charge on any atom is -0.287 e. The highest BCUT2D eigenvalue weighted by Gasteiger charge is 2.63. The standard InChI is InChI=1S/C17H21F5O/c1-3-5-8-12-9-7-11-14(13(12)10-6-4-2)15(23)16(18,19)17(20,21)22/h7,9,11H,3-6,8,10H2,1-2H3. The first-order valence-electron chi connectivity index (χ1n) is 7.76. The summed E-state index contributed by atoms with van der Waals surface area (Å²) in [6.45, 7) is 3.85. The van der Waals surface area contributed by atoms with E-state index in [-0.39, 0.29) is 0 Å². The monoisotopic (exact) mass is 336 g/mol. The molecule has 0 saturated carbocycles. The van der Waals surface area contributed by atoms with Gasteiger partial charge in [-0.05, 0) is 36.8 Å². The summed E-state index contributed by atoms with van der Waals surface area (Å²) in [5, 5.41) is 0. The summed E-state index contributed by atoms with van der Waals surface area (Å²) in [5.74, 6) is -7.52. The van der Waals surface area contributed by atoms with Crippen molar-refractivity contribution < 1.29 is 26.7 Å². The van der Waals surface area contributed by atoms with Crippen molar-refractivity contribution in [2.45, 2.75) is 64.5 Å². The third-order valence-corrected chi connectivity index (χ3v) is 3.74. The number of unbranched alkanes of at least 4 members (excludes halogenated alkanes) is 2. The number of Topliss-reactive ketones (excluding diaryl/α,β-unsaturated/α-hetero) is 1. The Kier molecular flexibility index (Phi) is 6.71. The minimum absolute atomic E-state index is 0.325. The van der Waals surface area contributed by atoms with Gasteiger partial charge in [0.25, 0.3) is 0 Å². The lowest BCUT2D eigenvalue weighted by Gasteiger charge is -2.21. The molecular weight excluding hydrogens is 315 g/mol. The Bertz CT molecular complexity index is 534. The SMILES string of the molecule is CCCCc1cccc(C(=O)C(F)(F)C(F)(F)F)c1CCCC. The number of aryl methyl sites for hydroxylation is 1. The zero-order valence-corrected chi connectivity index (χ0v) is 13.3. The Morgan fingerprint density at radius 2 is 1.52 bits per heavy atom. The predicted molar refractivity (Wildman–Crippen MR) is 79.0 cm³/mol. The Balaban J connectivity index is 3.31. The molecule has 0 unspecified atom stereocenters. The topological polar surface area (TPSA) is 17.1 Å². The van der Waals surface area contributed by atoms with Crippen LogP contribution in [0.1, 0.15) is 61.0 Å². The van der Waals surface area contributed by atoms with Crippen LogP contribution in [0.15, 0.2) is 18.2 Å². The van der Waals surface area contributed by atoms with E-state index in [9.17, 15) is 26.7 Å². The second kappa shape index (κ2) is 7.88. The van der Waals surface area contributed by atoms with E-state index in [1.807, 2.05) is 13.8 Å². The number of benzene rings is 1. The Morgan fingerprint density at radius 3 is 2.04 bits per heavy atom. The van der Waals surface area contributed by atoms with Gasteiger partial charge in [-0.25, -0.2) is 0 Å². The summed E-state index contributed by atoms with van der Waals surface area (Å²) in [6.07, 6.45) is -1.96. The molecule has 6 heteroatoms. The first-order valence-corrected chi connectivity index (χ1v) is 7.76. The van der Waals surface area contributed by atoms with Crippen molar-refractivity contribution in [3.8, 4) is 0 Å². The van der Waals surface area contributed by atoms with Crippen LogP contribution in [0, 0.1) is 0 Å². The van der Waals surface area contributed by atoms with E-state index in [0.717, 1.165) is 25.3 Å². The van der Waals surface area contributed by atoms with Gasteiger partial charge in [0.2, 0.25) is 5.78 Å². The van der Waals surface area contributed by atoms with Gasteiger partial charge in [-0.2, -0.15) is 22.0 Å². The lowest BCUT2D eigenvalue weighted by atomic mass is 9.90. The summed E-state index contributed by atoms with van der Waals surface area (Å²) in [7, 11) is 0. The molecule has 0 heterocycles. The average Bonchev–Trinajstić information content (AvgIpc) is 2.49. The zero-order chi connectivity index (χ0) is 17.7. The highest BCUT2D eigenvalue weighted by molar-refractivity contribution is 6.03. The van der Waals surface area contributed by atoms with Crippen molar-refractivity contribution in [2.75, 3.05) is 0 Å². The predicted octanol–water partition coefficient (Wildman–Crippen LogP) is 5.75. The summed E-state index contributed by atoms with van der Waals surface area (Å²) < 4.78 is 64.3. The van der Waals surface area contributed by atoms with Crippen molar-refractivity contribution in [1.82, 2.24) is 0 Å². The fraction of sp³-hybridized carbons (Fsp3) is 0.588. The number of hydrogen-bond donors (Lipinski definition) is 0. The van der Waals surface area contributed by atoms with Crippen LogP contribution >= 0.6 is 0 Å². The van der Waals surface area contributed by atoms with E-state index in [4.69, 9.17) is 0 Å². The number of hydrogen-bond acceptors (Lipinski definition) is 1. The molecule has 0 aliphatic carbocycles. The van der Waals surface area contributed by atoms with Gasteiger partial charge < -0.3 is 0 Å². The average molecular weight is 336 g/mol. The van der Waals surface area contributed by atoms with Crippen molar-refractivity contribution in [1.29, 1.82) is 0 Å². The van der Waals surface area contributed by atoms with Crippen LogP contribution in [0.25, 0.3) is 0 Å². The van der Waals surface area contributed by atoms with Gasteiger partial charge >= 0.3 is 12.1 Å². The fourth-order valence-electron chi connectivity index (χ4n) is 2.40. The van der Waals surface area contributed by atoms with Gasteiger partial charge in [-0.15, -0.1) is 0 Å². The lowest BCUT2D eigenvalue weighted by molar-refractivity contribution is -0.255. The summed E-state index contributed by atoms with van der Waals surface area (Å²) in [5.41, 5.74) is 0.509. The van der Waals surface area contributed by atoms with Crippen LogP contribution < -0.4 is 0 Å². The summed E-state index contributed by atoms with van der Waals surface area (Å²) in [4.78, 5) is 11.9. The number of ketones is 1. The molecule has 0 atom stereocenters. The van der Waals surface area contributed by atoms with Crippen LogP contribution in [-0.2, 0) is 12.8 Å². The maximum Gasteiger partial charge on any atom is 0.461 e. The van der Waals surface area contributed by atoms with Gasteiger partial charge in [0.1, 0.15) is 0 Å². The molecule has 0 fully saturated rings. The molecule has 0 aliphatic rings. The van der Waals surface area contributed by atoms with Gasteiger partial charge in [0.15, 0.2) is 0 Å². The Labute approximate surface area is 132 Å². The zero-order valence-electron chi connectivity index (χ0n) is 13.3. The molecule has 1 rings (SSSR count). The van der Waals surface area contributed by atoms with E-state index < -0.39 is 23.4 Å². The maximum absolute atomic E-state index is 13.4. The van der Waals surface area contributed by atoms with Crippen molar-refractivity contribution in [2.24, 2.45) is 0 Å². The molecule has 0 bridgehead atoms. The molecule has 0 amide bonds. The van der Waals surface area contributed by atoms with Gasteiger partial charge in [-0.3, -0.25) is 4.79 Å². The van der Waals surface area contributed by atoms with Crippen LogP contribution in [-0.4, -0.2) is 17.9 Å². The van der Waals surface area contributed by atoms with E-state index in [1.54, 1.807) is 6.07 Å². The van der Waals surface area contributed by atoms with Crippen LogP contribution in [0.3, 0.4) is 0 Å². The fourth-order valence-corrected chi connectivity index (χ4v) is 2.40. The second-order valence-corrected chi connectivity index (χ2v) is 5.55. The molecule has 0 spiro atoms. The van der Waals surface area contributed by atoms with E-state index in [2.05, 4.69) is 0 Å². The van der Waals surface area contributed by atoms with Gasteiger partial charge in [0.05, 0.1) is 0 Å². The lowest BCUT2D eigenvalue weighted by Crippen LogP contribution is -2.44. The van der Waals surface area contributed by atoms with Crippen LogP contribution in [0.2, 0.25) is 0 Å². The third-order valence-electron chi connectivity index (χ3n) is 3.74. The number of alkyl halides is 5. The molecule has 0 radical (unpaired) electrons. The van der Waals surface area contributed by atoms with Crippen molar-refractivity contribution in [3.63, 3.8) is 0 Å². The number of halogens is 5. The molecule has 1 nitrogen and oxygen atoms in total. The molecule has 0 saturated heterocycles. The van der Waals surface area contributed by atoms with Gasteiger partial charge in [0, 0.05) is 5.56 Å². The molecule has 1 aromatic carbocycles. The molecule has 23 heavy (non-hydrogen) atoms. The quantitative estimate of drug-likeness (QED) is 0.436. The molecule has 130 valence electrons. The highest BCUT2D eigenvalue weighted by Crippen LogP contribution is 2.39. The smallest absolute Gasteiger partial charge is 0.287 e. The highest BCUT2D eigenvalue weighted by atomic mass is 19.4. The van der Waals surface area contributed by atoms with Crippen molar-refractivity contribution in [3.05, 3.63) is 34.9 Å². The Morgan fingerprint density at radius 1 is 0.957 bits per heavy atom. The van der Waals surface area contributed by atoms with Crippen LogP contribution in [0.5, 0.6) is 0 Å². The maximum atomic E-state index is 13.4. The first kappa shape index (κ1) is 19.6. The molecule has 1 aromatic rings. The second-order valence-electron chi connectivity index (χ2n) is 5.55. The number of rotatable bonds is 8. The van der Waals surface area contributed by atoms with Crippen LogP contribution in [0.4, 0.5) is 22.0 Å². The van der Waals surface area contributed by atoms with Gasteiger partial charge in [-0.1, -0.05) is 44.9 Å². The largest absolute Gasteiger partial charge is 0.461 e. The van der Waals surface area contributed by atoms with E-state index in [1.165, 1.54) is 6.07 Å².